The standard InChI is InChI=1S/C11H13ClN4O/c1-7-5-14-11(12)16-10(7)15-9-6-17-3-2-8(9)4-13/h5,8-9H,2-3,6H2,1H3,(H,14,15,16)/t8-,9?/m1/s1. The van der Waals surface area contributed by atoms with Gasteiger partial charge in [-0.15, -0.1) is 0 Å². The Labute approximate surface area is 105 Å². The van der Waals surface area contributed by atoms with E-state index >= 15 is 0 Å². The van der Waals surface area contributed by atoms with Crippen molar-refractivity contribution in [1.82, 2.24) is 9.97 Å². The summed E-state index contributed by atoms with van der Waals surface area (Å²) in [6, 6.07) is 2.25. The van der Waals surface area contributed by atoms with Crippen LogP contribution in [-0.4, -0.2) is 29.2 Å². The molecule has 6 heteroatoms. The summed E-state index contributed by atoms with van der Waals surface area (Å²) >= 11 is 5.75. The van der Waals surface area contributed by atoms with Crippen molar-refractivity contribution in [2.75, 3.05) is 18.5 Å². The molecule has 0 spiro atoms. The van der Waals surface area contributed by atoms with Crippen molar-refractivity contribution in [1.29, 1.82) is 5.26 Å². The third kappa shape index (κ3) is 2.84. The first-order valence-electron chi connectivity index (χ1n) is 5.43. The van der Waals surface area contributed by atoms with E-state index in [1.54, 1.807) is 6.20 Å². The fourth-order valence-corrected chi connectivity index (χ4v) is 1.91. The van der Waals surface area contributed by atoms with Crippen LogP contribution in [0.25, 0.3) is 0 Å². The largest absolute Gasteiger partial charge is 0.379 e. The highest BCUT2D eigenvalue weighted by Gasteiger charge is 2.26. The average Bonchev–Trinajstić information content (AvgIpc) is 2.34. The van der Waals surface area contributed by atoms with Crippen LogP contribution in [0.1, 0.15) is 12.0 Å². The third-order valence-electron chi connectivity index (χ3n) is 2.79. The molecule has 1 aromatic heterocycles. The van der Waals surface area contributed by atoms with Crippen molar-refractivity contribution in [2.24, 2.45) is 5.92 Å². The molecule has 1 aliphatic rings. The van der Waals surface area contributed by atoms with Gasteiger partial charge in [-0.2, -0.15) is 5.26 Å². The molecule has 5 nitrogen and oxygen atoms in total. The fourth-order valence-electron chi connectivity index (χ4n) is 1.78. The second-order valence-electron chi connectivity index (χ2n) is 4.02. The van der Waals surface area contributed by atoms with Crippen molar-refractivity contribution < 1.29 is 4.74 Å². The van der Waals surface area contributed by atoms with Gasteiger partial charge in [0.1, 0.15) is 5.82 Å². The summed E-state index contributed by atoms with van der Waals surface area (Å²) in [5.41, 5.74) is 0.900. The first-order chi connectivity index (χ1) is 8.20. The molecule has 2 atom stereocenters. The predicted octanol–water partition coefficient (Wildman–Crippen LogP) is 1.78. The maximum atomic E-state index is 9.06. The molecule has 0 amide bonds. The van der Waals surface area contributed by atoms with Gasteiger partial charge in [-0.1, -0.05) is 0 Å². The molecule has 1 aromatic rings. The molecule has 1 aliphatic heterocycles. The SMILES string of the molecule is Cc1cnc(Cl)nc1NC1COCC[C@@H]1C#N. The lowest BCUT2D eigenvalue weighted by atomic mass is 9.96. The molecule has 1 fully saturated rings. The predicted molar refractivity (Wildman–Crippen MR) is 63.7 cm³/mol. The molecule has 0 aliphatic carbocycles. The van der Waals surface area contributed by atoms with E-state index in [-0.39, 0.29) is 17.2 Å². The number of aromatic nitrogens is 2. The zero-order chi connectivity index (χ0) is 12.3. The van der Waals surface area contributed by atoms with Crippen molar-refractivity contribution in [3.8, 4) is 6.07 Å². The number of nitrogens with one attached hydrogen (secondary N) is 1. The topological polar surface area (TPSA) is 70.8 Å². The van der Waals surface area contributed by atoms with Crippen LogP contribution in [0.4, 0.5) is 5.82 Å². The van der Waals surface area contributed by atoms with E-state index in [4.69, 9.17) is 21.6 Å². The summed E-state index contributed by atoms with van der Waals surface area (Å²) in [6.07, 6.45) is 2.40. The molecular formula is C11H13ClN4O. The number of hydrogen-bond donors (Lipinski definition) is 1. The number of ether oxygens (including phenoxy) is 1. The number of nitrogens with zero attached hydrogens (tertiary/aromatic N) is 3. The van der Waals surface area contributed by atoms with Gasteiger partial charge in [0, 0.05) is 18.4 Å². The Morgan fingerprint density at radius 2 is 2.47 bits per heavy atom. The lowest BCUT2D eigenvalue weighted by Crippen LogP contribution is -2.38. The molecule has 1 N–H and O–H groups in total. The number of rotatable bonds is 2. The Hall–Kier alpha value is -1.38. The van der Waals surface area contributed by atoms with E-state index in [1.165, 1.54) is 0 Å². The molecule has 0 bridgehead atoms. The van der Waals surface area contributed by atoms with E-state index in [0.717, 1.165) is 12.0 Å². The van der Waals surface area contributed by atoms with Crippen LogP contribution in [0.5, 0.6) is 0 Å². The zero-order valence-electron chi connectivity index (χ0n) is 9.48. The average molecular weight is 253 g/mol. The molecule has 0 saturated carbocycles. The number of halogens is 1. The number of aryl methyl sites for hydroxylation is 1. The highest BCUT2D eigenvalue weighted by Crippen LogP contribution is 2.21. The van der Waals surface area contributed by atoms with Crippen LogP contribution in [0.3, 0.4) is 0 Å². The van der Waals surface area contributed by atoms with Crippen LogP contribution in [0.15, 0.2) is 6.20 Å². The Morgan fingerprint density at radius 3 is 3.24 bits per heavy atom. The van der Waals surface area contributed by atoms with Gasteiger partial charge in [-0.3, -0.25) is 0 Å². The summed E-state index contributed by atoms with van der Waals surface area (Å²) in [5.74, 6) is 0.609. The van der Waals surface area contributed by atoms with Crippen molar-refractivity contribution in [2.45, 2.75) is 19.4 Å². The highest BCUT2D eigenvalue weighted by molar-refractivity contribution is 6.28. The zero-order valence-corrected chi connectivity index (χ0v) is 10.2. The van der Waals surface area contributed by atoms with Crippen LogP contribution in [0.2, 0.25) is 5.28 Å². The molecule has 90 valence electrons. The number of hydrogen-bond acceptors (Lipinski definition) is 5. The second kappa shape index (κ2) is 5.30. The van der Waals surface area contributed by atoms with Crippen LogP contribution in [0, 0.1) is 24.2 Å². The number of nitriles is 1. The van der Waals surface area contributed by atoms with Crippen LogP contribution in [-0.2, 0) is 4.74 Å². The van der Waals surface area contributed by atoms with E-state index in [1.807, 2.05) is 6.92 Å². The van der Waals surface area contributed by atoms with Crippen LogP contribution >= 0.6 is 11.6 Å². The second-order valence-corrected chi connectivity index (χ2v) is 4.36. The van der Waals surface area contributed by atoms with E-state index in [9.17, 15) is 0 Å². The lowest BCUT2D eigenvalue weighted by molar-refractivity contribution is 0.0698. The van der Waals surface area contributed by atoms with Gasteiger partial charge >= 0.3 is 0 Å². The quantitative estimate of drug-likeness (QED) is 0.813. The van der Waals surface area contributed by atoms with Crippen LogP contribution < -0.4 is 5.32 Å². The molecule has 2 heterocycles. The minimum atomic E-state index is -0.0584. The minimum Gasteiger partial charge on any atom is -0.379 e. The summed E-state index contributed by atoms with van der Waals surface area (Å²) in [5, 5.41) is 12.5. The van der Waals surface area contributed by atoms with Gasteiger partial charge in [0.25, 0.3) is 0 Å². The van der Waals surface area contributed by atoms with E-state index < -0.39 is 0 Å². The van der Waals surface area contributed by atoms with Gasteiger partial charge in [-0.25, -0.2) is 9.97 Å². The highest BCUT2D eigenvalue weighted by atomic mass is 35.5. The van der Waals surface area contributed by atoms with Gasteiger partial charge in [0.2, 0.25) is 5.28 Å². The molecule has 1 saturated heterocycles. The smallest absolute Gasteiger partial charge is 0.224 e. The van der Waals surface area contributed by atoms with Gasteiger partial charge in [0.05, 0.1) is 24.6 Å². The first-order valence-corrected chi connectivity index (χ1v) is 5.81. The van der Waals surface area contributed by atoms with Crippen molar-refractivity contribution in [3.05, 3.63) is 17.0 Å². The maximum absolute atomic E-state index is 9.06. The Kier molecular flexibility index (Phi) is 3.77. The third-order valence-corrected chi connectivity index (χ3v) is 2.97. The minimum absolute atomic E-state index is 0.0431. The van der Waals surface area contributed by atoms with E-state index in [0.29, 0.717) is 19.0 Å². The normalized spacial score (nSPS) is 24.1. The molecule has 17 heavy (non-hydrogen) atoms. The Balaban J connectivity index is 2.14. The molecule has 0 radical (unpaired) electrons. The van der Waals surface area contributed by atoms with Gasteiger partial charge in [0.15, 0.2) is 0 Å². The first kappa shape index (κ1) is 12.1. The monoisotopic (exact) mass is 252 g/mol. The maximum Gasteiger partial charge on any atom is 0.224 e. The van der Waals surface area contributed by atoms with Gasteiger partial charge < -0.3 is 10.1 Å². The Bertz CT molecular complexity index is 446. The summed E-state index contributed by atoms with van der Waals surface area (Å²) in [4.78, 5) is 8.00. The van der Waals surface area contributed by atoms with Gasteiger partial charge in [-0.05, 0) is 24.9 Å². The molecule has 2 rings (SSSR count). The molecule has 0 aromatic carbocycles. The Morgan fingerprint density at radius 1 is 1.65 bits per heavy atom. The van der Waals surface area contributed by atoms with Crippen molar-refractivity contribution in [3.63, 3.8) is 0 Å². The lowest BCUT2D eigenvalue weighted by Gasteiger charge is -2.28. The molecular weight excluding hydrogens is 240 g/mol. The molecule has 1 unspecified atom stereocenters. The summed E-state index contributed by atoms with van der Waals surface area (Å²) < 4.78 is 5.37. The fraction of sp³-hybridized carbons (Fsp3) is 0.545. The summed E-state index contributed by atoms with van der Waals surface area (Å²) in [6.45, 7) is 3.04. The summed E-state index contributed by atoms with van der Waals surface area (Å²) in [7, 11) is 0. The van der Waals surface area contributed by atoms with Crippen molar-refractivity contribution >= 4 is 17.4 Å². The number of anilines is 1. The van der Waals surface area contributed by atoms with E-state index in [2.05, 4.69) is 21.4 Å².